The molecule has 0 radical (unpaired) electrons. The van der Waals surface area contributed by atoms with Gasteiger partial charge in [0, 0.05) is 6.08 Å². The van der Waals surface area contributed by atoms with Crippen LogP contribution in [0.1, 0.15) is 24.1 Å². The summed E-state index contributed by atoms with van der Waals surface area (Å²) in [6, 6.07) is 12.7. The molecule has 1 heterocycles. The van der Waals surface area contributed by atoms with E-state index in [1.54, 1.807) is 12.1 Å². The van der Waals surface area contributed by atoms with Crippen molar-refractivity contribution in [2.45, 2.75) is 13.0 Å². The lowest BCUT2D eigenvalue weighted by Crippen LogP contribution is -2.30. The van der Waals surface area contributed by atoms with E-state index in [1.807, 2.05) is 37.3 Å². The average Bonchev–Trinajstić information content (AvgIpc) is 3.14. The van der Waals surface area contributed by atoms with E-state index in [2.05, 4.69) is 5.32 Å². The van der Waals surface area contributed by atoms with Crippen molar-refractivity contribution < 1.29 is 23.8 Å². The van der Waals surface area contributed by atoms with Crippen LogP contribution < -0.4 is 14.8 Å². The lowest BCUT2D eigenvalue weighted by Gasteiger charge is -2.13. The zero-order chi connectivity index (χ0) is 19.2. The van der Waals surface area contributed by atoms with Crippen LogP contribution in [0, 0.1) is 0 Å². The number of ether oxygens (including phenoxy) is 3. The third-order valence-corrected chi connectivity index (χ3v) is 4.16. The first-order chi connectivity index (χ1) is 13.0. The Morgan fingerprint density at radius 1 is 1.26 bits per heavy atom. The zero-order valence-electron chi connectivity index (χ0n) is 14.6. The fourth-order valence-corrected chi connectivity index (χ4v) is 2.81. The number of halogens is 1. The summed E-state index contributed by atoms with van der Waals surface area (Å²) in [5, 5.41) is 3.17. The number of amides is 1. The fraction of sp³-hybridized carbons (Fsp3) is 0.200. The molecule has 1 aliphatic rings. The van der Waals surface area contributed by atoms with Crippen LogP contribution >= 0.6 is 11.6 Å². The van der Waals surface area contributed by atoms with E-state index in [9.17, 15) is 9.59 Å². The summed E-state index contributed by atoms with van der Waals surface area (Å²) in [6.45, 7) is 1.61. The van der Waals surface area contributed by atoms with Crippen LogP contribution in [0.4, 0.5) is 0 Å². The van der Waals surface area contributed by atoms with Crippen LogP contribution in [0.15, 0.2) is 48.5 Å². The second kappa shape index (κ2) is 8.60. The number of hydrogen-bond donors (Lipinski definition) is 1. The molecule has 2 aromatic rings. The molecule has 3 rings (SSSR count). The molecule has 0 aromatic heterocycles. The highest BCUT2D eigenvalue weighted by Gasteiger charge is 2.17. The molecule has 7 heteroatoms. The first kappa shape index (κ1) is 18.8. The van der Waals surface area contributed by atoms with E-state index in [1.165, 1.54) is 12.2 Å². The molecule has 1 N–H and O–H groups in total. The minimum Gasteiger partial charge on any atom is -0.454 e. The van der Waals surface area contributed by atoms with E-state index < -0.39 is 5.97 Å². The van der Waals surface area contributed by atoms with Gasteiger partial charge in [-0.1, -0.05) is 41.9 Å². The molecule has 27 heavy (non-hydrogen) atoms. The smallest absolute Gasteiger partial charge is 0.331 e. The molecule has 0 bridgehead atoms. The third kappa shape index (κ3) is 5.01. The summed E-state index contributed by atoms with van der Waals surface area (Å²) in [5.74, 6) is -0.00377. The largest absolute Gasteiger partial charge is 0.454 e. The number of nitrogens with one attached hydrogen (secondary N) is 1. The molecular formula is C20H18ClNO5. The number of benzene rings is 2. The zero-order valence-corrected chi connectivity index (χ0v) is 15.4. The molecule has 2 aromatic carbocycles. The quantitative estimate of drug-likeness (QED) is 0.606. The summed E-state index contributed by atoms with van der Waals surface area (Å²) in [7, 11) is 0. The van der Waals surface area contributed by atoms with E-state index >= 15 is 0 Å². The summed E-state index contributed by atoms with van der Waals surface area (Å²) >= 11 is 6.08. The molecule has 0 aliphatic carbocycles. The van der Waals surface area contributed by atoms with Crippen molar-refractivity contribution in [3.8, 4) is 11.5 Å². The van der Waals surface area contributed by atoms with Crippen molar-refractivity contribution in [2.24, 2.45) is 0 Å². The SMILES string of the molecule is C[C@@H](NC(=O)COC(=O)/C=C/c1cc(Cl)c2c(c1)OCO2)c1ccccc1. The van der Waals surface area contributed by atoms with Crippen LogP contribution in [0.2, 0.25) is 5.02 Å². The molecular weight excluding hydrogens is 370 g/mol. The lowest BCUT2D eigenvalue weighted by molar-refractivity contribution is -0.144. The average molecular weight is 388 g/mol. The normalized spacial score (nSPS) is 13.4. The number of hydrogen-bond acceptors (Lipinski definition) is 5. The maximum atomic E-state index is 11.9. The third-order valence-electron chi connectivity index (χ3n) is 3.88. The highest BCUT2D eigenvalue weighted by molar-refractivity contribution is 6.32. The fourth-order valence-electron chi connectivity index (χ4n) is 2.54. The van der Waals surface area contributed by atoms with Gasteiger partial charge in [0.1, 0.15) is 0 Å². The van der Waals surface area contributed by atoms with Crippen molar-refractivity contribution in [3.05, 3.63) is 64.7 Å². The van der Waals surface area contributed by atoms with Gasteiger partial charge in [-0.3, -0.25) is 4.79 Å². The van der Waals surface area contributed by atoms with Gasteiger partial charge in [-0.05, 0) is 36.3 Å². The second-order valence-electron chi connectivity index (χ2n) is 5.88. The van der Waals surface area contributed by atoms with Crippen LogP contribution in [0.3, 0.4) is 0 Å². The van der Waals surface area contributed by atoms with Gasteiger partial charge in [0.25, 0.3) is 5.91 Å². The predicted octanol–water partition coefficient (Wildman–Crippen LogP) is 3.50. The van der Waals surface area contributed by atoms with Crippen molar-refractivity contribution in [2.75, 3.05) is 13.4 Å². The molecule has 140 valence electrons. The predicted molar refractivity (Wildman–Crippen MR) is 101 cm³/mol. The standard InChI is InChI=1S/C20H18ClNO5/c1-13(15-5-3-2-4-6-15)22-18(23)11-25-19(24)8-7-14-9-16(21)20-17(10-14)26-12-27-20/h2-10,13H,11-12H2,1H3,(H,22,23)/b8-7+/t13-/m1/s1. The van der Waals surface area contributed by atoms with Gasteiger partial charge >= 0.3 is 5.97 Å². The highest BCUT2D eigenvalue weighted by atomic mass is 35.5. The van der Waals surface area contributed by atoms with Gasteiger partial charge in [0.2, 0.25) is 6.79 Å². The highest BCUT2D eigenvalue weighted by Crippen LogP contribution is 2.40. The van der Waals surface area contributed by atoms with Crippen molar-refractivity contribution >= 4 is 29.6 Å². The monoisotopic (exact) mass is 387 g/mol. The number of carbonyl (C=O) groups is 2. The topological polar surface area (TPSA) is 73.9 Å². The van der Waals surface area contributed by atoms with Crippen LogP contribution in [0.25, 0.3) is 6.08 Å². The molecule has 0 fully saturated rings. The number of carbonyl (C=O) groups excluding carboxylic acids is 2. The Balaban J connectivity index is 1.49. The van der Waals surface area contributed by atoms with Gasteiger partial charge in [-0.15, -0.1) is 0 Å². The summed E-state index contributed by atoms with van der Waals surface area (Å²) in [4.78, 5) is 23.7. The van der Waals surface area contributed by atoms with Crippen molar-refractivity contribution in [1.82, 2.24) is 5.32 Å². The summed E-state index contributed by atoms with van der Waals surface area (Å²) in [5.41, 5.74) is 1.63. The van der Waals surface area contributed by atoms with Crippen LogP contribution in [0.5, 0.6) is 11.5 Å². The van der Waals surface area contributed by atoms with Gasteiger partial charge in [-0.25, -0.2) is 4.79 Å². The molecule has 1 amide bonds. The maximum Gasteiger partial charge on any atom is 0.331 e. The van der Waals surface area contributed by atoms with E-state index in [0.717, 1.165) is 5.56 Å². The minimum absolute atomic E-state index is 0.112. The molecule has 1 atom stereocenters. The molecule has 6 nitrogen and oxygen atoms in total. The Bertz CT molecular complexity index is 866. The minimum atomic E-state index is -0.633. The van der Waals surface area contributed by atoms with Crippen LogP contribution in [-0.2, 0) is 14.3 Å². The van der Waals surface area contributed by atoms with E-state index in [4.69, 9.17) is 25.8 Å². The van der Waals surface area contributed by atoms with Crippen LogP contribution in [-0.4, -0.2) is 25.3 Å². The number of esters is 1. The molecule has 1 aliphatic heterocycles. The molecule has 0 spiro atoms. The summed E-state index contributed by atoms with van der Waals surface area (Å²) < 4.78 is 15.5. The first-order valence-corrected chi connectivity index (χ1v) is 8.69. The summed E-state index contributed by atoms with van der Waals surface area (Å²) in [6.07, 6.45) is 2.75. The second-order valence-corrected chi connectivity index (χ2v) is 6.28. The number of fused-ring (bicyclic) bond motifs is 1. The molecule has 0 unspecified atom stereocenters. The van der Waals surface area contributed by atoms with Crippen molar-refractivity contribution in [1.29, 1.82) is 0 Å². The Morgan fingerprint density at radius 2 is 2.04 bits per heavy atom. The van der Waals surface area contributed by atoms with E-state index in [0.29, 0.717) is 22.1 Å². The first-order valence-electron chi connectivity index (χ1n) is 8.31. The van der Waals surface area contributed by atoms with Crippen molar-refractivity contribution in [3.63, 3.8) is 0 Å². The maximum absolute atomic E-state index is 11.9. The molecule has 0 saturated heterocycles. The Kier molecular flexibility index (Phi) is 5.98. The van der Waals surface area contributed by atoms with Gasteiger partial charge in [0.05, 0.1) is 11.1 Å². The van der Waals surface area contributed by atoms with E-state index in [-0.39, 0.29) is 25.3 Å². The number of rotatable bonds is 6. The Morgan fingerprint density at radius 3 is 2.81 bits per heavy atom. The van der Waals surface area contributed by atoms with Gasteiger partial charge < -0.3 is 19.5 Å². The lowest BCUT2D eigenvalue weighted by atomic mass is 10.1. The Hall–Kier alpha value is -2.99. The van der Waals surface area contributed by atoms with Gasteiger partial charge in [0.15, 0.2) is 18.1 Å². The molecule has 0 saturated carbocycles. The van der Waals surface area contributed by atoms with Gasteiger partial charge in [-0.2, -0.15) is 0 Å². The Labute approximate surface area is 161 Å².